The summed E-state index contributed by atoms with van der Waals surface area (Å²) in [5, 5.41) is 4.49. The number of hydrogen-bond acceptors (Lipinski definition) is 6. The molecule has 1 N–H and O–H groups in total. The molecule has 31 heavy (non-hydrogen) atoms. The van der Waals surface area contributed by atoms with Crippen molar-refractivity contribution in [3.8, 4) is 0 Å². The van der Waals surface area contributed by atoms with E-state index in [0.29, 0.717) is 26.1 Å². The molecule has 0 aliphatic carbocycles. The first-order valence-electron chi connectivity index (χ1n) is 9.51. The molecule has 0 radical (unpaired) electrons. The summed E-state index contributed by atoms with van der Waals surface area (Å²) in [6.07, 6.45) is 1.69. The Hall–Kier alpha value is -2.68. The number of amides is 1. The quantitative estimate of drug-likeness (QED) is 0.320. The van der Waals surface area contributed by atoms with Gasteiger partial charge < -0.3 is 5.32 Å². The molecule has 3 aromatic heterocycles. The number of hydrogen-bond donors (Lipinski definition) is 1. The van der Waals surface area contributed by atoms with E-state index < -0.39 is 0 Å². The standard InChI is InChI=1S/C22H19ClN4O2S2/c1-13-14(2)31-20-19(13)21(29)27(11-17-7-3-4-9-24-17)22(26-20)30-12-18(28)25-16-8-5-6-15(23)10-16/h3-10H,11-12H2,1-2H3,(H,25,28). The molecule has 9 heteroatoms. The average Bonchev–Trinajstić information content (AvgIpc) is 3.03. The highest BCUT2D eigenvalue weighted by Crippen LogP contribution is 2.28. The maximum Gasteiger partial charge on any atom is 0.263 e. The molecular weight excluding hydrogens is 452 g/mol. The molecule has 4 aromatic rings. The summed E-state index contributed by atoms with van der Waals surface area (Å²) in [6, 6.07) is 12.5. The number of aromatic nitrogens is 3. The van der Waals surface area contributed by atoms with Crippen LogP contribution in [0.5, 0.6) is 0 Å². The second kappa shape index (κ2) is 9.21. The van der Waals surface area contributed by atoms with E-state index in [1.807, 2.05) is 32.0 Å². The lowest BCUT2D eigenvalue weighted by atomic mass is 10.2. The monoisotopic (exact) mass is 470 g/mol. The molecule has 0 saturated heterocycles. The molecule has 0 aliphatic heterocycles. The molecule has 0 spiro atoms. The van der Waals surface area contributed by atoms with Crippen molar-refractivity contribution in [3.05, 3.63) is 80.2 Å². The lowest BCUT2D eigenvalue weighted by Gasteiger charge is -2.12. The topological polar surface area (TPSA) is 76.9 Å². The van der Waals surface area contributed by atoms with Crippen LogP contribution >= 0.6 is 34.7 Å². The zero-order chi connectivity index (χ0) is 22.0. The molecule has 1 amide bonds. The van der Waals surface area contributed by atoms with E-state index in [4.69, 9.17) is 16.6 Å². The molecular formula is C22H19ClN4O2S2. The molecule has 0 fully saturated rings. The number of rotatable bonds is 6. The minimum atomic E-state index is -0.204. The average molecular weight is 471 g/mol. The second-order valence-electron chi connectivity index (χ2n) is 6.92. The minimum Gasteiger partial charge on any atom is -0.325 e. The van der Waals surface area contributed by atoms with Crippen molar-refractivity contribution in [3.63, 3.8) is 0 Å². The van der Waals surface area contributed by atoms with E-state index in [0.717, 1.165) is 16.1 Å². The number of aryl methyl sites for hydroxylation is 2. The van der Waals surface area contributed by atoms with Gasteiger partial charge in [0.2, 0.25) is 5.91 Å². The summed E-state index contributed by atoms with van der Waals surface area (Å²) in [5.41, 5.74) is 2.20. The van der Waals surface area contributed by atoms with Gasteiger partial charge in [0.25, 0.3) is 5.56 Å². The van der Waals surface area contributed by atoms with E-state index in [-0.39, 0.29) is 23.8 Å². The smallest absolute Gasteiger partial charge is 0.263 e. The largest absolute Gasteiger partial charge is 0.325 e. The molecule has 6 nitrogen and oxygen atoms in total. The molecule has 0 atom stereocenters. The number of anilines is 1. The first-order chi connectivity index (χ1) is 14.9. The lowest BCUT2D eigenvalue weighted by Crippen LogP contribution is -2.25. The second-order valence-corrected chi connectivity index (χ2v) is 9.50. The summed E-state index contributed by atoms with van der Waals surface area (Å²) in [4.78, 5) is 36.6. The van der Waals surface area contributed by atoms with Gasteiger partial charge in [-0.05, 0) is 49.7 Å². The van der Waals surface area contributed by atoms with Gasteiger partial charge in [0.05, 0.1) is 23.4 Å². The molecule has 0 unspecified atom stereocenters. The minimum absolute atomic E-state index is 0.107. The predicted molar refractivity (Wildman–Crippen MR) is 127 cm³/mol. The number of carbonyl (C=O) groups is 1. The third kappa shape index (κ3) is 4.81. The summed E-state index contributed by atoms with van der Waals surface area (Å²) in [5.74, 6) is -0.0970. The van der Waals surface area contributed by atoms with E-state index in [1.165, 1.54) is 23.1 Å². The molecule has 4 rings (SSSR count). The molecule has 3 heterocycles. The third-order valence-corrected chi connectivity index (χ3v) is 7.05. The number of thioether (sulfide) groups is 1. The van der Waals surface area contributed by atoms with Crippen LogP contribution in [-0.2, 0) is 11.3 Å². The zero-order valence-electron chi connectivity index (χ0n) is 16.9. The highest BCUT2D eigenvalue weighted by atomic mass is 35.5. The number of thiophene rings is 1. The Labute approximate surface area is 192 Å². The van der Waals surface area contributed by atoms with Crippen LogP contribution in [0, 0.1) is 13.8 Å². The van der Waals surface area contributed by atoms with Crippen molar-refractivity contribution < 1.29 is 4.79 Å². The van der Waals surface area contributed by atoms with Gasteiger partial charge in [0.15, 0.2) is 5.16 Å². The van der Waals surface area contributed by atoms with Crippen molar-refractivity contribution in [2.24, 2.45) is 0 Å². The fourth-order valence-electron chi connectivity index (χ4n) is 3.11. The Kier molecular flexibility index (Phi) is 6.41. The van der Waals surface area contributed by atoms with E-state index >= 15 is 0 Å². The zero-order valence-corrected chi connectivity index (χ0v) is 19.3. The van der Waals surface area contributed by atoms with Crippen LogP contribution in [0.2, 0.25) is 5.02 Å². The number of fused-ring (bicyclic) bond motifs is 1. The highest BCUT2D eigenvalue weighted by molar-refractivity contribution is 7.99. The Morgan fingerprint density at radius 3 is 2.81 bits per heavy atom. The van der Waals surface area contributed by atoms with Gasteiger partial charge in [0.1, 0.15) is 4.83 Å². The van der Waals surface area contributed by atoms with E-state index in [1.54, 1.807) is 35.0 Å². The van der Waals surface area contributed by atoms with Crippen LogP contribution in [0.15, 0.2) is 58.6 Å². The predicted octanol–water partition coefficient (Wildman–Crippen LogP) is 4.90. The van der Waals surface area contributed by atoms with Crippen molar-refractivity contribution in [1.82, 2.24) is 14.5 Å². The number of nitrogens with zero attached hydrogens (tertiary/aromatic N) is 3. The van der Waals surface area contributed by atoms with Crippen molar-refractivity contribution >= 4 is 56.5 Å². The van der Waals surface area contributed by atoms with Crippen LogP contribution in [-0.4, -0.2) is 26.2 Å². The number of carbonyl (C=O) groups excluding carboxylic acids is 1. The maximum absolute atomic E-state index is 13.3. The first kappa shape index (κ1) is 21.5. The fraction of sp³-hybridized carbons (Fsp3) is 0.182. The lowest BCUT2D eigenvalue weighted by molar-refractivity contribution is -0.113. The first-order valence-corrected chi connectivity index (χ1v) is 11.7. The molecule has 1 aromatic carbocycles. The maximum atomic E-state index is 13.3. The van der Waals surface area contributed by atoms with Gasteiger partial charge >= 0.3 is 0 Å². The highest BCUT2D eigenvalue weighted by Gasteiger charge is 2.18. The molecule has 0 bridgehead atoms. The van der Waals surface area contributed by atoms with Crippen molar-refractivity contribution in [1.29, 1.82) is 0 Å². The van der Waals surface area contributed by atoms with E-state index in [9.17, 15) is 9.59 Å². The molecule has 0 aliphatic rings. The number of benzene rings is 1. The van der Waals surface area contributed by atoms with Crippen LogP contribution in [0.25, 0.3) is 10.2 Å². The van der Waals surface area contributed by atoms with Gasteiger partial charge in [-0.3, -0.25) is 19.1 Å². The van der Waals surface area contributed by atoms with Gasteiger partial charge in [-0.2, -0.15) is 0 Å². The van der Waals surface area contributed by atoms with Crippen LogP contribution < -0.4 is 10.9 Å². The van der Waals surface area contributed by atoms with Crippen LogP contribution in [0.4, 0.5) is 5.69 Å². The number of halogens is 1. The summed E-state index contributed by atoms with van der Waals surface area (Å²) in [7, 11) is 0. The molecule has 0 saturated carbocycles. The van der Waals surface area contributed by atoms with Crippen molar-refractivity contribution in [2.75, 3.05) is 11.1 Å². The number of nitrogens with one attached hydrogen (secondary N) is 1. The van der Waals surface area contributed by atoms with Gasteiger partial charge in [0, 0.05) is 21.8 Å². The van der Waals surface area contributed by atoms with E-state index in [2.05, 4.69) is 10.3 Å². The van der Waals surface area contributed by atoms with Gasteiger partial charge in [-0.25, -0.2) is 4.98 Å². The fourth-order valence-corrected chi connectivity index (χ4v) is 5.16. The van der Waals surface area contributed by atoms with Gasteiger partial charge in [-0.1, -0.05) is 35.5 Å². The Balaban J connectivity index is 1.64. The normalized spacial score (nSPS) is 11.1. The molecule has 158 valence electrons. The van der Waals surface area contributed by atoms with Crippen LogP contribution in [0.3, 0.4) is 0 Å². The third-order valence-electron chi connectivity index (χ3n) is 4.74. The number of pyridine rings is 1. The summed E-state index contributed by atoms with van der Waals surface area (Å²) >= 11 is 8.70. The SMILES string of the molecule is Cc1sc2nc(SCC(=O)Nc3cccc(Cl)c3)n(Cc3ccccn3)c(=O)c2c1C. The van der Waals surface area contributed by atoms with Gasteiger partial charge in [-0.15, -0.1) is 11.3 Å². The summed E-state index contributed by atoms with van der Waals surface area (Å²) < 4.78 is 1.60. The van der Waals surface area contributed by atoms with Crippen molar-refractivity contribution in [2.45, 2.75) is 25.5 Å². The Morgan fingerprint density at radius 1 is 1.23 bits per heavy atom. The van der Waals surface area contributed by atoms with Crippen LogP contribution in [0.1, 0.15) is 16.1 Å². The Morgan fingerprint density at radius 2 is 2.06 bits per heavy atom. The Bertz CT molecular complexity index is 1320. The summed E-state index contributed by atoms with van der Waals surface area (Å²) in [6.45, 7) is 4.21.